The molecule has 2 heterocycles. The third-order valence-corrected chi connectivity index (χ3v) is 2.86. The Morgan fingerprint density at radius 2 is 2.10 bits per heavy atom. The van der Waals surface area contributed by atoms with Crippen molar-refractivity contribution in [1.82, 2.24) is 15.0 Å². The summed E-state index contributed by atoms with van der Waals surface area (Å²) in [4.78, 5) is 13.2. The van der Waals surface area contributed by atoms with Gasteiger partial charge in [-0.2, -0.15) is 0 Å². The molecule has 0 unspecified atom stereocenters. The van der Waals surface area contributed by atoms with Crippen LogP contribution in [0.3, 0.4) is 0 Å². The molecule has 0 aliphatic heterocycles. The van der Waals surface area contributed by atoms with E-state index in [1.54, 1.807) is 6.20 Å². The molecule has 0 bridgehead atoms. The minimum absolute atomic E-state index is 0.423. The summed E-state index contributed by atoms with van der Waals surface area (Å²) < 4.78 is 5.41. The van der Waals surface area contributed by atoms with Crippen LogP contribution in [-0.4, -0.2) is 28.1 Å². The minimum Gasteiger partial charge on any atom is -0.374 e. The van der Waals surface area contributed by atoms with Crippen molar-refractivity contribution in [1.29, 1.82) is 0 Å². The van der Waals surface area contributed by atoms with Crippen LogP contribution in [0, 0.1) is 6.92 Å². The van der Waals surface area contributed by atoms with Gasteiger partial charge in [0, 0.05) is 37.2 Å². The van der Waals surface area contributed by atoms with Crippen molar-refractivity contribution in [3.63, 3.8) is 0 Å². The highest BCUT2D eigenvalue weighted by Gasteiger charge is 2.08. The fourth-order valence-electron chi connectivity index (χ4n) is 1.93. The Labute approximate surface area is 119 Å². The van der Waals surface area contributed by atoms with Crippen LogP contribution in [0.1, 0.15) is 25.2 Å². The van der Waals surface area contributed by atoms with Crippen LogP contribution in [0.5, 0.6) is 0 Å². The average molecular weight is 272 g/mol. The van der Waals surface area contributed by atoms with Gasteiger partial charge in [0.2, 0.25) is 0 Å². The van der Waals surface area contributed by atoms with E-state index < -0.39 is 0 Å². The molecular weight excluding hydrogens is 252 g/mol. The zero-order chi connectivity index (χ0) is 14.4. The van der Waals surface area contributed by atoms with E-state index in [0.717, 1.165) is 29.2 Å². The first kappa shape index (κ1) is 14.4. The zero-order valence-corrected chi connectivity index (χ0v) is 12.2. The molecule has 0 amide bonds. The zero-order valence-electron chi connectivity index (χ0n) is 12.2. The third kappa shape index (κ3) is 3.51. The Hall–Kier alpha value is -2.01. The summed E-state index contributed by atoms with van der Waals surface area (Å²) in [6.07, 6.45) is 3.62. The highest BCUT2D eigenvalue weighted by molar-refractivity contribution is 5.65. The maximum Gasteiger partial charge on any atom is 0.157 e. The van der Waals surface area contributed by atoms with Crippen LogP contribution in [-0.2, 0) is 11.3 Å². The molecule has 2 rings (SSSR count). The number of ether oxygens (including phenoxy) is 1. The third-order valence-electron chi connectivity index (χ3n) is 2.86. The second kappa shape index (κ2) is 6.96. The van der Waals surface area contributed by atoms with Gasteiger partial charge in [-0.25, -0.2) is 9.97 Å². The Morgan fingerprint density at radius 3 is 2.80 bits per heavy atom. The van der Waals surface area contributed by atoms with E-state index in [4.69, 9.17) is 4.74 Å². The van der Waals surface area contributed by atoms with E-state index in [1.807, 2.05) is 39.1 Å². The highest BCUT2D eigenvalue weighted by Crippen LogP contribution is 2.22. The fraction of sp³-hybridized carbons (Fsp3) is 0.400. The molecule has 0 radical (unpaired) electrons. The molecule has 0 saturated heterocycles. The summed E-state index contributed by atoms with van der Waals surface area (Å²) in [6, 6.07) is 3.93. The second-order valence-electron chi connectivity index (χ2n) is 4.41. The smallest absolute Gasteiger partial charge is 0.157 e. The van der Waals surface area contributed by atoms with Gasteiger partial charge in [-0.05, 0) is 32.4 Å². The lowest BCUT2D eigenvalue weighted by Gasteiger charge is -2.10. The molecule has 0 spiro atoms. The van der Waals surface area contributed by atoms with Gasteiger partial charge in [-0.3, -0.25) is 4.98 Å². The molecule has 5 nitrogen and oxygen atoms in total. The number of nitrogens with one attached hydrogen (secondary N) is 1. The molecule has 0 fully saturated rings. The van der Waals surface area contributed by atoms with Crippen molar-refractivity contribution < 1.29 is 4.74 Å². The van der Waals surface area contributed by atoms with E-state index in [0.29, 0.717) is 19.0 Å². The van der Waals surface area contributed by atoms with E-state index in [-0.39, 0.29) is 0 Å². The fourth-order valence-corrected chi connectivity index (χ4v) is 1.93. The van der Waals surface area contributed by atoms with Crippen LogP contribution in [0.4, 0.5) is 5.82 Å². The van der Waals surface area contributed by atoms with Gasteiger partial charge in [-0.1, -0.05) is 0 Å². The number of aryl methyl sites for hydroxylation is 1. The summed E-state index contributed by atoms with van der Waals surface area (Å²) >= 11 is 0. The van der Waals surface area contributed by atoms with Gasteiger partial charge in [0.1, 0.15) is 12.4 Å². The lowest BCUT2D eigenvalue weighted by atomic mass is 10.1. The summed E-state index contributed by atoms with van der Waals surface area (Å²) in [5.74, 6) is 1.51. The standard InChI is InChI=1S/C15H20N4O/c1-4-17-14-8-13(12-6-7-16-9-11(12)3)18-15(19-14)10-20-5-2/h6-9H,4-5,10H2,1-3H3,(H,17,18,19). The maximum atomic E-state index is 5.41. The number of pyridine rings is 1. The SMILES string of the molecule is CCNc1cc(-c2ccncc2C)nc(COCC)n1. The van der Waals surface area contributed by atoms with Gasteiger partial charge in [0.05, 0.1) is 5.69 Å². The van der Waals surface area contributed by atoms with Gasteiger partial charge >= 0.3 is 0 Å². The topological polar surface area (TPSA) is 59.9 Å². The molecule has 0 aliphatic carbocycles. The first-order chi connectivity index (χ1) is 9.74. The van der Waals surface area contributed by atoms with Crippen LogP contribution in [0.2, 0.25) is 0 Å². The number of hydrogen-bond acceptors (Lipinski definition) is 5. The van der Waals surface area contributed by atoms with Gasteiger partial charge < -0.3 is 10.1 Å². The Bertz CT molecular complexity index is 572. The maximum absolute atomic E-state index is 5.41. The Morgan fingerprint density at radius 1 is 1.25 bits per heavy atom. The molecular formula is C15H20N4O. The van der Waals surface area contributed by atoms with Crippen molar-refractivity contribution in [3.8, 4) is 11.3 Å². The van der Waals surface area contributed by atoms with E-state index in [2.05, 4.69) is 20.3 Å². The Balaban J connectivity index is 2.40. The highest BCUT2D eigenvalue weighted by atomic mass is 16.5. The summed E-state index contributed by atoms with van der Waals surface area (Å²) in [5, 5.41) is 3.23. The van der Waals surface area contributed by atoms with E-state index in [1.165, 1.54) is 0 Å². The lowest BCUT2D eigenvalue weighted by Crippen LogP contribution is -2.06. The second-order valence-corrected chi connectivity index (χ2v) is 4.41. The average Bonchev–Trinajstić information content (AvgIpc) is 2.46. The van der Waals surface area contributed by atoms with Crippen LogP contribution >= 0.6 is 0 Å². The van der Waals surface area contributed by atoms with Crippen LogP contribution < -0.4 is 5.32 Å². The summed E-state index contributed by atoms with van der Waals surface area (Å²) in [6.45, 7) is 7.93. The van der Waals surface area contributed by atoms with Crippen molar-refractivity contribution in [3.05, 3.63) is 35.9 Å². The number of anilines is 1. The van der Waals surface area contributed by atoms with Gasteiger partial charge in [0.15, 0.2) is 5.82 Å². The summed E-state index contributed by atoms with van der Waals surface area (Å²) in [5.41, 5.74) is 3.06. The number of rotatable bonds is 6. The minimum atomic E-state index is 0.423. The molecule has 2 aromatic rings. The molecule has 0 atom stereocenters. The molecule has 20 heavy (non-hydrogen) atoms. The normalized spacial score (nSPS) is 10.6. The monoisotopic (exact) mass is 272 g/mol. The number of aromatic nitrogens is 3. The molecule has 2 aromatic heterocycles. The van der Waals surface area contributed by atoms with Gasteiger partial charge in [0.25, 0.3) is 0 Å². The van der Waals surface area contributed by atoms with Crippen molar-refractivity contribution in [2.75, 3.05) is 18.5 Å². The molecule has 106 valence electrons. The van der Waals surface area contributed by atoms with Crippen molar-refractivity contribution >= 4 is 5.82 Å². The largest absolute Gasteiger partial charge is 0.374 e. The van der Waals surface area contributed by atoms with E-state index in [9.17, 15) is 0 Å². The number of nitrogens with zero attached hydrogens (tertiary/aromatic N) is 3. The molecule has 0 aliphatic rings. The molecule has 1 N–H and O–H groups in total. The predicted molar refractivity (Wildman–Crippen MR) is 79.5 cm³/mol. The van der Waals surface area contributed by atoms with Crippen molar-refractivity contribution in [2.45, 2.75) is 27.4 Å². The molecule has 5 heteroatoms. The quantitative estimate of drug-likeness (QED) is 0.876. The molecule has 0 aromatic carbocycles. The van der Waals surface area contributed by atoms with Crippen molar-refractivity contribution in [2.24, 2.45) is 0 Å². The van der Waals surface area contributed by atoms with E-state index >= 15 is 0 Å². The number of hydrogen-bond donors (Lipinski definition) is 1. The van der Waals surface area contributed by atoms with Crippen LogP contribution in [0.25, 0.3) is 11.3 Å². The summed E-state index contributed by atoms with van der Waals surface area (Å²) in [7, 11) is 0. The molecule has 0 saturated carbocycles. The lowest BCUT2D eigenvalue weighted by molar-refractivity contribution is 0.128. The Kier molecular flexibility index (Phi) is 5.01. The van der Waals surface area contributed by atoms with Gasteiger partial charge in [-0.15, -0.1) is 0 Å². The predicted octanol–water partition coefficient (Wildman–Crippen LogP) is 2.82. The first-order valence-electron chi connectivity index (χ1n) is 6.85. The first-order valence-corrected chi connectivity index (χ1v) is 6.85. The van der Waals surface area contributed by atoms with Crippen LogP contribution in [0.15, 0.2) is 24.5 Å².